The summed E-state index contributed by atoms with van der Waals surface area (Å²) in [4.78, 5) is 12.3. The molecule has 0 aliphatic heterocycles. The van der Waals surface area contributed by atoms with Gasteiger partial charge in [-0.25, -0.2) is 4.79 Å². The third-order valence-corrected chi connectivity index (χ3v) is 5.58. The van der Waals surface area contributed by atoms with Crippen molar-refractivity contribution in [2.24, 2.45) is 0 Å². The van der Waals surface area contributed by atoms with Crippen molar-refractivity contribution in [3.8, 4) is 11.1 Å². The van der Waals surface area contributed by atoms with Crippen molar-refractivity contribution < 1.29 is 14.6 Å². The van der Waals surface area contributed by atoms with Crippen molar-refractivity contribution >= 4 is 27.7 Å². The highest BCUT2D eigenvalue weighted by Gasteiger charge is 2.28. The van der Waals surface area contributed by atoms with Gasteiger partial charge < -0.3 is 9.84 Å². The Kier molecular flexibility index (Phi) is 4.97. The van der Waals surface area contributed by atoms with Crippen LogP contribution in [0.25, 0.3) is 11.1 Å². The molecule has 27 heavy (non-hydrogen) atoms. The lowest BCUT2D eigenvalue weighted by atomic mass is 9.98. The minimum absolute atomic E-state index is 0.0288. The Labute approximate surface area is 165 Å². The molecule has 0 spiro atoms. The van der Waals surface area contributed by atoms with Crippen LogP contribution < -0.4 is 5.32 Å². The Morgan fingerprint density at radius 2 is 1.63 bits per heavy atom. The van der Waals surface area contributed by atoms with Crippen molar-refractivity contribution in [1.82, 2.24) is 0 Å². The molecule has 0 bridgehead atoms. The number of halogens is 1. The van der Waals surface area contributed by atoms with E-state index in [0.29, 0.717) is 11.3 Å². The summed E-state index contributed by atoms with van der Waals surface area (Å²) in [5.74, 6) is 0.0288. The first kappa shape index (κ1) is 17.8. The molecule has 1 amide bonds. The molecule has 5 heteroatoms. The molecular formula is C22H18BrNO3. The van der Waals surface area contributed by atoms with E-state index in [9.17, 15) is 9.90 Å². The van der Waals surface area contributed by atoms with Crippen LogP contribution in [0.15, 0.2) is 71.2 Å². The van der Waals surface area contributed by atoms with Crippen LogP contribution in [0.3, 0.4) is 0 Å². The number of carbonyl (C=O) groups is 1. The second kappa shape index (κ2) is 7.55. The van der Waals surface area contributed by atoms with E-state index in [4.69, 9.17) is 4.74 Å². The number of ether oxygens (including phenoxy) is 1. The molecule has 3 aromatic carbocycles. The molecule has 0 saturated carbocycles. The molecule has 4 nitrogen and oxygen atoms in total. The molecule has 136 valence electrons. The third-order valence-electron chi connectivity index (χ3n) is 4.81. The zero-order chi connectivity index (χ0) is 18.8. The highest BCUT2D eigenvalue weighted by Crippen LogP contribution is 2.44. The van der Waals surface area contributed by atoms with E-state index in [1.807, 2.05) is 24.3 Å². The van der Waals surface area contributed by atoms with Crippen LogP contribution in [0, 0.1) is 0 Å². The number of amides is 1. The standard InChI is InChI=1S/C22H18BrNO3/c23-21-10-9-15(11-14(21)12-25)24-22(26)27-13-20-18-7-3-1-5-16(18)17-6-2-4-8-19(17)20/h1-11,20,25H,12-13H2,(H,24,26). The van der Waals surface area contributed by atoms with Crippen molar-refractivity contribution in [2.75, 3.05) is 11.9 Å². The van der Waals surface area contributed by atoms with Gasteiger partial charge in [-0.1, -0.05) is 64.5 Å². The van der Waals surface area contributed by atoms with Gasteiger partial charge in [0.05, 0.1) is 6.61 Å². The molecule has 0 unspecified atom stereocenters. The van der Waals surface area contributed by atoms with Gasteiger partial charge >= 0.3 is 6.09 Å². The average Bonchev–Trinajstić information content (AvgIpc) is 3.02. The van der Waals surface area contributed by atoms with Crippen LogP contribution in [0.2, 0.25) is 0 Å². The highest BCUT2D eigenvalue weighted by molar-refractivity contribution is 9.10. The quantitative estimate of drug-likeness (QED) is 0.598. The molecule has 0 aromatic heterocycles. The van der Waals surface area contributed by atoms with Crippen molar-refractivity contribution in [2.45, 2.75) is 12.5 Å². The summed E-state index contributed by atoms with van der Waals surface area (Å²) < 4.78 is 6.32. The smallest absolute Gasteiger partial charge is 0.411 e. The molecule has 1 aliphatic carbocycles. The monoisotopic (exact) mass is 423 g/mol. The van der Waals surface area contributed by atoms with Crippen LogP contribution in [0.4, 0.5) is 10.5 Å². The highest BCUT2D eigenvalue weighted by atomic mass is 79.9. The first-order chi connectivity index (χ1) is 13.2. The largest absolute Gasteiger partial charge is 0.448 e. The lowest BCUT2D eigenvalue weighted by Gasteiger charge is -2.15. The predicted molar refractivity (Wildman–Crippen MR) is 109 cm³/mol. The lowest BCUT2D eigenvalue weighted by molar-refractivity contribution is 0.158. The summed E-state index contributed by atoms with van der Waals surface area (Å²) in [6.45, 7) is 0.157. The van der Waals surface area contributed by atoms with E-state index in [2.05, 4.69) is 45.5 Å². The number of anilines is 1. The zero-order valence-electron chi connectivity index (χ0n) is 14.5. The van der Waals surface area contributed by atoms with Gasteiger partial charge in [-0.15, -0.1) is 0 Å². The number of aliphatic hydroxyl groups excluding tert-OH is 1. The Morgan fingerprint density at radius 1 is 1.00 bits per heavy atom. The Balaban J connectivity index is 1.48. The van der Waals surface area contributed by atoms with Gasteiger partial charge in [-0.2, -0.15) is 0 Å². The minimum atomic E-state index is -0.511. The predicted octanol–water partition coefficient (Wildman–Crippen LogP) is 5.30. The van der Waals surface area contributed by atoms with Crippen LogP contribution in [0.5, 0.6) is 0 Å². The lowest BCUT2D eigenvalue weighted by Crippen LogP contribution is -2.18. The second-order valence-corrected chi connectivity index (χ2v) is 7.27. The number of benzene rings is 3. The van der Waals surface area contributed by atoms with Crippen LogP contribution in [-0.4, -0.2) is 17.8 Å². The SMILES string of the molecule is O=C(Nc1ccc(Br)c(CO)c1)OCC1c2ccccc2-c2ccccc21. The summed E-state index contributed by atoms with van der Waals surface area (Å²) in [7, 11) is 0. The van der Waals surface area contributed by atoms with Crippen LogP contribution >= 0.6 is 15.9 Å². The van der Waals surface area contributed by atoms with Gasteiger partial charge in [-0.05, 0) is 46.0 Å². The number of hydrogen-bond acceptors (Lipinski definition) is 3. The molecule has 0 saturated heterocycles. The van der Waals surface area contributed by atoms with Gasteiger partial charge in [0, 0.05) is 16.1 Å². The number of nitrogens with one attached hydrogen (secondary N) is 1. The summed E-state index contributed by atoms with van der Waals surface area (Å²) in [6.07, 6.45) is -0.511. The molecule has 0 atom stereocenters. The maximum absolute atomic E-state index is 12.3. The zero-order valence-corrected chi connectivity index (χ0v) is 16.1. The first-order valence-electron chi connectivity index (χ1n) is 8.68. The van der Waals surface area contributed by atoms with E-state index < -0.39 is 6.09 Å². The maximum atomic E-state index is 12.3. The molecule has 0 heterocycles. The molecular weight excluding hydrogens is 406 g/mol. The van der Waals surface area contributed by atoms with E-state index in [0.717, 1.165) is 4.47 Å². The van der Waals surface area contributed by atoms with Gasteiger partial charge in [0.15, 0.2) is 0 Å². The van der Waals surface area contributed by atoms with Gasteiger partial charge in [0.25, 0.3) is 0 Å². The number of hydrogen-bond donors (Lipinski definition) is 2. The van der Waals surface area contributed by atoms with Crippen LogP contribution in [0.1, 0.15) is 22.6 Å². The fraction of sp³-hybridized carbons (Fsp3) is 0.136. The Hall–Kier alpha value is -2.63. The molecule has 2 N–H and O–H groups in total. The maximum Gasteiger partial charge on any atom is 0.411 e. The van der Waals surface area contributed by atoms with Crippen molar-refractivity contribution in [3.63, 3.8) is 0 Å². The van der Waals surface area contributed by atoms with E-state index in [-0.39, 0.29) is 19.1 Å². The fourth-order valence-corrected chi connectivity index (χ4v) is 3.90. The molecule has 0 fully saturated rings. The number of fused-ring (bicyclic) bond motifs is 3. The number of rotatable bonds is 4. The number of carbonyl (C=O) groups excluding carboxylic acids is 1. The average molecular weight is 424 g/mol. The van der Waals surface area contributed by atoms with Crippen LogP contribution in [-0.2, 0) is 11.3 Å². The normalized spacial score (nSPS) is 12.4. The van der Waals surface area contributed by atoms with Crippen molar-refractivity contribution in [1.29, 1.82) is 0 Å². The molecule has 1 aliphatic rings. The summed E-state index contributed by atoms with van der Waals surface area (Å²) >= 11 is 3.36. The Morgan fingerprint density at radius 3 is 2.26 bits per heavy atom. The molecule has 0 radical (unpaired) electrons. The van der Waals surface area contributed by atoms with E-state index in [1.165, 1.54) is 22.3 Å². The van der Waals surface area contributed by atoms with E-state index >= 15 is 0 Å². The topological polar surface area (TPSA) is 58.6 Å². The Bertz CT molecular complexity index is 957. The van der Waals surface area contributed by atoms with Gasteiger partial charge in [-0.3, -0.25) is 5.32 Å². The summed E-state index contributed by atoms with van der Waals surface area (Å²) in [6, 6.07) is 21.7. The van der Waals surface area contributed by atoms with Gasteiger partial charge in [0.1, 0.15) is 6.61 Å². The third kappa shape index (κ3) is 3.48. The van der Waals surface area contributed by atoms with E-state index in [1.54, 1.807) is 18.2 Å². The summed E-state index contributed by atoms with van der Waals surface area (Å²) in [5, 5.41) is 12.1. The fourth-order valence-electron chi connectivity index (χ4n) is 3.53. The second-order valence-electron chi connectivity index (χ2n) is 6.41. The van der Waals surface area contributed by atoms with Crippen molar-refractivity contribution in [3.05, 3.63) is 87.9 Å². The minimum Gasteiger partial charge on any atom is -0.448 e. The van der Waals surface area contributed by atoms with Gasteiger partial charge in [0.2, 0.25) is 0 Å². The first-order valence-corrected chi connectivity index (χ1v) is 9.48. The number of aliphatic hydroxyl groups is 1. The molecule has 4 rings (SSSR count). The molecule has 3 aromatic rings. The summed E-state index contributed by atoms with van der Waals surface area (Å²) in [5.41, 5.74) is 6.03.